The Morgan fingerprint density at radius 3 is 2.25 bits per heavy atom. The van der Waals surface area contributed by atoms with Crippen LogP contribution < -0.4 is 15.2 Å². The molecule has 1 aromatic rings. The molecule has 112 valence electrons. The Bertz CT molecular complexity index is 468. The SMILES string of the molecule is COc1cc(C(=O)N2CC[C@H](N)C2)cc(OC)c1C.Cl. The van der Waals surface area contributed by atoms with Gasteiger partial charge in [0.05, 0.1) is 14.2 Å². The molecule has 0 spiro atoms. The maximum Gasteiger partial charge on any atom is 0.254 e. The zero-order valence-electron chi connectivity index (χ0n) is 12.0. The maximum absolute atomic E-state index is 12.4. The monoisotopic (exact) mass is 300 g/mol. The van der Waals surface area contributed by atoms with E-state index in [0.29, 0.717) is 30.2 Å². The van der Waals surface area contributed by atoms with Crippen molar-refractivity contribution in [2.45, 2.75) is 19.4 Å². The molecule has 5 nitrogen and oxygen atoms in total. The standard InChI is InChI=1S/C14H20N2O3.ClH/c1-9-12(18-2)6-10(7-13(9)19-3)14(17)16-5-4-11(15)8-16;/h6-7,11H,4-5,8,15H2,1-3H3;1H/t11-;/m0./s1. The molecule has 0 saturated carbocycles. The smallest absolute Gasteiger partial charge is 0.254 e. The van der Waals surface area contributed by atoms with E-state index in [-0.39, 0.29) is 24.4 Å². The molecule has 1 atom stereocenters. The molecule has 1 heterocycles. The highest BCUT2D eigenvalue weighted by Gasteiger charge is 2.25. The molecule has 1 fully saturated rings. The summed E-state index contributed by atoms with van der Waals surface area (Å²) in [5.41, 5.74) is 7.30. The molecule has 1 aliphatic heterocycles. The predicted octanol–water partition coefficient (Wildman–Crippen LogP) is 1.61. The number of rotatable bonds is 3. The van der Waals surface area contributed by atoms with Gasteiger partial charge in [-0.2, -0.15) is 0 Å². The number of hydrogen-bond donors (Lipinski definition) is 1. The van der Waals surface area contributed by atoms with Crippen molar-refractivity contribution in [3.63, 3.8) is 0 Å². The average Bonchev–Trinajstić information content (AvgIpc) is 2.85. The highest BCUT2D eigenvalue weighted by Crippen LogP contribution is 2.30. The summed E-state index contributed by atoms with van der Waals surface area (Å²) in [6, 6.07) is 3.59. The van der Waals surface area contributed by atoms with Crippen LogP contribution in [0.5, 0.6) is 11.5 Å². The first-order valence-electron chi connectivity index (χ1n) is 6.34. The lowest BCUT2D eigenvalue weighted by atomic mass is 10.1. The number of halogens is 1. The second-order valence-corrected chi connectivity index (χ2v) is 4.81. The minimum atomic E-state index is -0.0236. The first-order chi connectivity index (χ1) is 9.06. The van der Waals surface area contributed by atoms with Gasteiger partial charge in [-0.1, -0.05) is 0 Å². The van der Waals surface area contributed by atoms with Gasteiger partial charge in [0.1, 0.15) is 11.5 Å². The zero-order valence-corrected chi connectivity index (χ0v) is 12.8. The average molecular weight is 301 g/mol. The molecule has 6 heteroatoms. The van der Waals surface area contributed by atoms with E-state index in [0.717, 1.165) is 12.0 Å². The Hall–Kier alpha value is -1.46. The van der Waals surface area contributed by atoms with E-state index in [4.69, 9.17) is 15.2 Å². The molecule has 0 radical (unpaired) electrons. The van der Waals surface area contributed by atoms with Gasteiger partial charge < -0.3 is 20.1 Å². The van der Waals surface area contributed by atoms with Gasteiger partial charge in [-0.05, 0) is 25.5 Å². The number of ether oxygens (including phenoxy) is 2. The Balaban J connectivity index is 0.00000200. The Kier molecular flexibility index (Phi) is 5.65. The first kappa shape index (κ1) is 16.6. The number of nitrogens with zero attached hydrogens (tertiary/aromatic N) is 1. The zero-order chi connectivity index (χ0) is 14.0. The Morgan fingerprint density at radius 2 is 1.85 bits per heavy atom. The highest BCUT2D eigenvalue weighted by atomic mass is 35.5. The summed E-state index contributed by atoms with van der Waals surface area (Å²) in [5.74, 6) is 1.29. The van der Waals surface area contributed by atoms with E-state index >= 15 is 0 Å². The van der Waals surface area contributed by atoms with E-state index in [2.05, 4.69) is 0 Å². The van der Waals surface area contributed by atoms with E-state index in [1.165, 1.54) is 0 Å². The van der Waals surface area contributed by atoms with Gasteiger partial charge in [-0.3, -0.25) is 4.79 Å². The molecule has 20 heavy (non-hydrogen) atoms. The molecule has 1 aliphatic rings. The number of likely N-dealkylation sites (tertiary alicyclic amines) is 1. The normalized spacial score (nSPS) is 17.6. The predicted molar refractivity (Wildman–Crippen MR) is 80.0 cm³/mol. The van der Waals surface area contributed by atoms with E-state index in [9.17, 15) is 4.79 Å². The summed E-state index contributed by atoms with van der Waals surface area (Å²) >= 11 is 0. The van der Waals surface area contributed by atoms with Gasteiger partial charge in [0, 0.05) is 30.3 Å². The van der Waals surface area contributed by atoms with Crippen LogP contribution in [0.1, 0.15) is 22.3 Å². The molecule has 0 aliphatic carbocycles. The third kappa shape index (κ3) is 3.16. The number of amides is 1. The van der Waals surface area contributed by atoms with Gasteiger partial charge in [-0.25, -0.2) is 0 Å². The third-order valence-electron chi connectivity index (χ3n) is 3.51. The number of benzene rings is 1. The molecular weight excluding hydrogens is 280 g/mol. The summed E-state index contributed by atoms with van der Waals surface area (Å²) in [6.45, 7) is 3.22. The highest BCUT2D eigenvalue weighted by molar-refractivity contribution is 5.95. The van der Waals surface area contributed by atoms with Crippen molar-refractivity contribution < 1.29 is 14.3 Å². The van der Waals surface area contributed by atoms with Crippen molar-refractivity contribution in [3.8, 4) is 11.5 Å². The lowest BCUT2D eigenvalue weighted by Crippen LogP contribution is -2.31. The van der Waals surface area contributed by atoms with Crippen molar-refractivity contribution >= 4 is 18.3 Å². The summed E-state index contributed by atoms with van der Waals surface area (Å²) in [7, 11) is 3.17. The summed E-state index contributed by atoms with van der Waals surface area (Å²) in [6.07, 6.45) is 0.853. The van der Waals surface area contributed by atoms with Crippen molar-refractivity contribution in [1.29, 1.82) is 0 Å². The fourth-order valence-electron chi connectivity index (χ4n) is 2.36. The molecule has 1 aromatic carbocycles. The van der Waals surface area contributed by atoms with Crippen LogP contribution in [-0.4, -0.2) is 44.2 Å². The summed E-state index contributed by atoms with van der Waals surface area (Å²) in [5, 5.41) is 0. The topological polar surface area (TPSA) is 64.8 Å². The van der Waals surface area contributed by atoms with Crippen molar-refractivity contribution in [3.05, 3.63) is 23.3 Å². The van der Waals surface area contributed by atoms with Crippen LogP contribution in [0, 0.1) is 6.92 Å². The molecule has 0 aromatic heterocycles. The number of carbonyl (C=O) groups excluding carboxylic acids is 1. The van der Waals surface area contributed by atoms with Crippen LogP contribution in [0.3, 0.4) is 0 Å². The van der Waals surface area contributed by atoms with Crippen LogP contribution in [-0.2, 0) is 0 Å². The number of hydrogen-bond acceptors (Lipinski definition) is 4. The van der Waals surface area contributed by atoms with Crippen molar-refractivity contribution in [2.75, 3.05) is 27.3 Å². The van der Waals surface area contributed by atoms with Crippen LogP contribution in [0.25, 0.3) is 0 Å². The second kappa shape index (κ2) is 6.81. The van der Waals surface area contributed by atoms with Gasteiger partial charge in [-0.15, -0.1) is 12.4 Å². The van der Waals surface area contributed by atoms with Crippen molar-refractivity contribution in [1.82, 2.24) is 4.90 Å². The maximum atomic E-state index is 12.4. The molecule has 2 N–H and O–H groups in total. The summed E-state index contributed by atoms with van der Waals surface area (Å²) < 4.78 is 10.6. The quantitative estimate of drug-likeness (QED) is 0.921. The largest absolute Gasteiger partial charge is 0.496 e. The van der Waals surface area contributed by atoms with Gasteiger partial charge >= 0.3 is 0 Å². The third-order valence-corrected chi connectivity index (χ3v) is 3.51. The van der Waals surface area contributed by atoms with E-state index < -0.39 is 0 Å². The van der Waals surface area contributed by atoms with E-state index in [1.54, 1.807) is 31.3 Å². The first-order valence-corrected chi connectivity index (χ1v) is 6.34. The minimum Gasteiger partial charge on any atom is -0.496 e. The number of nitrogens with two attached hydrogens (primary N) is 1. The fraction of sp³-hybridized carbons (Fsp3) is 0.500. The second-order valence-electron chi connectivity index (χ2n) is 4.81. The van der Waals surface area contributed by atoms with Crippen LogP contribution in [0.4, 0.5) is 0 Å². The lowest BCUT2D eigenvalue weighted by Gasteiger charge is -2.18. The molecule has 0 unspecified atom stereocenters. The molecule has 2 rings (SSSR count). The van der Waals surface area contributed by atoms with Gasteiger partial charge in [0.2, 0.25) is 0 Å². The molecule has 1 amide bonds. The van der Waals surface area contributed by atoms with Gasteiger partial charge in [0.15, 0.2) is 0 Å². The Morgan fingerprint density at radius 1 is 1.30 bits per heavy atom. The molecular formula is C14H21ClN2O3. The van der Waals surface area contributed by atoms with Gasteiger partial charge in [0.25, 0.3) is 5.91 Å². The van der Waals surface area contributed by atoms with Crippen molar-refractivity contribution in [2.24, 2.45) is 5.73 Å². The lowest BCUT2D eigenvalue weighted by molar-refractivity contribution is 0.0790. The van der Waals surface area contributed by atoms with Crippen LogP contribution in [0.2, 0.25) is 0 Å². The minimum absolute atomic E-state index is 0. The number of carbonyl (C=O) groups is 1. The number of methoxy groups -OCH3 is 2. The summed E-state index contributed by atoms with van der Waals surface area (Å²) in [4.78, 5) is 14.2. The van der Waals surface area contributed by atoms with Crippen LogP contribution >= 0.6 is 12.4 Å². The van der Waals surface area contributed by atoms with E-state index in [1.807, 2.05) is 6.92 Å². The molecule has 1 saturated heterocycles. The fourth-order valence-corrected chi connectivity index (χ4v) is 2.36. The van der Waals surface area contributed by atoms with Crippen LogP contribution in [0.15, 0.2) is 12.1 Å². The molecule has 0 bridgehead atoms. The Labute approximate surface area is 125 Å².